The number of anilines is 1. The smallest absolute Gasteiger partial charge is 0.244 e. The van der Waals surface area contributed by atoms with Gasteiger partial charge in [0.25, 0.3) is 0 Å². The van der Waals surface area contributed by atoms with Crippen LogP contribution in [0.15, 0.2) is 22.7 Å². The average molecular weight is 465 g/mol. The summed E-state index contributed by atoms with van der Waals surface area (Å²) in [4.78, 5) is 21.1. The lowest BCUT2D eigenvalue weighted by molar-refractivity contribution is -0.132. The molecule has 2 aromatic heterocycles. The molecule has 3 heterocycles. The number of rotatable bonds is 5. The van der Waals surface area contributed by atoms with Crippen molar-refractivity contribution in [1.29, 1.82) is 0 Å². The zero-order chi connectivity index (χ0) is 22.1. The number of carbonyl (C=O) groups is 1. The van der Waals surface area contributed by atoms with Gasteiger partial charge in [0.2, 0.25) is 17.6 Å². The first-order valence-corrected chi connectivity index (χ1v) is 10.5. The van der Waals surface area contributed by atoms with Gasteiger partial charge in [0.1, 0.15) is 12.3 Å². The fourth-order valence-electron chi connectivity index (χ4n) is 3.50. The van der Waals surface area contributed by atoms with Gasteiger partial charge in [-0.05, 0) is 19.1 Å². The highest BCUT2D eigenvalue weighted by Gasteiger charge is 2.25. The Hall–Kier alpha value is -2.78. The summed E-state index contributed by atoms with van der Waals surface area (Å²) in [6.45, 7) is 6.23. The fraction of sp³-hybridized carbons (Fsp3) is 0.400. The molecule has 0 radical (unpaired) electrons. The van der Waals surface area contributed by atoms with Crippen LogP contribution in [0.2, 0.25) is 10.0 Å². The lowest BCUT2D eigenvalue weighted by atomic mass is 10.2. The van der Waals surface area contributed by atoms with Crippen LogP contribution >= 0.6 is 23.2 Å². The van der Waals surface area contributed by atoms with Crippen molar-refractivity contribution < 1.29 is 14.1 Å². The summed E-state index contributed by atoms with van der Waals surface area (Å²) >= 11 is 12.5. The second-order valence-electron chi connectivity index (χ2n) is 7.23. The molecule has 1 saturated heterocycles. The lowest BCUT2D eigenvalue weighted by Gasteiger charge is -2.36. The molecule has 0 unspecified atom stereocenters. The Kier molecular flexibility index (Phi) is 6.06. The van der Waals surface area contributed by atoms with E-state index in [0.29, 0.717) is 65.1 Å². The topological polar surface area (TPSA) is 89.5 Å². The third-order valence-electron chi connectivity index (χ3n) is 5.29. The van der Waals surface area contributed by atoms with Gasteiger partial charge in [0.15, 0.2) is 5.69 Å². The van der Waals surface area contributed by atoms with Crippen molar-refractivity contribution in [2.75, 3.05) is 38.2 Å². The normalized spacial score (nSPS) is 14.2. The molecule has 1 amide bonds. The van der Waals surface area contributed by atoms with Gasteiger partial charge >= 0.3 is 0 Å². The Labute approximate surface area is 189 Å². The number of benzene rings is 1. The number of ether oxygens (including phenoxy) is 1. The van der Waals surface area contributed by atoms with E-state index in [1.165, 1.54) is 0 Å². The molecule has 0 atom stereocenters. The SMILES string of the molecule is COc1cc(N2CCN(C(=O)Cn3nc(-c4noc(C)n4)c(Cl)c3C)CC2)ccc1Cl. The van der Waals surface area contributed by atoms with E-state index in [9.17, 15) is 4.79 Å². The molecule has 1 aliphatic heterocycles. The van der Waals surface area contributed by atoms with Gasteiger partial charge in [0, 0.05) is 44.9 Å². The third kappa shape index (κ3) is 4.33. The van der Waals surface area contributed by atoms with E-state index in [1.807, 2.05) is 30.0 Å². The minimum atomic E-state index is -0.0218. The number of aryl methyl sites for hydroxylation is 1. The van der Waals surface area contributed by atoms with E-state index in [1.54, 1.807) is 18.7 Å². The number of hydrogen-bond donors (Lipinski definition) is 0. The van der Waals surface area contributed by atoms with Crippen molar-refractivity contribution in [3.63, 3.8) is 0 Å². The van der Waals surface area contributed by atoms with Crippen LogP contribution in [0, 0.1) is 13.8 Å². The first-order chi connectivity index (χ1) is 14.9. The molecule has 0 aliphatic carbocycles. The molecule has 1 fully saturated rings. The number of nitrogens with zero attached hydrogens (tertiary/aromatic N) is 6. The first kappa shape index (κ1) is 21.5. The minimum Gasteiger partial charge on any atom is -0.495 e. The largest absolute Gasteiger partial charge is 0.495 e. The maximum Gasteiger partial charge on any atom is 0.244 e. The molecule has 4 rings (SSSR count). The second kappa shape index (κ2) is 8.76. The van der Waals surface area contributed by atoms with Crippen molar-refractivity contribution in [2.24, 2.45) is 0 Å². The number of amides is 1. The average Bonchev–Trinajstić information content (AvgIpc) is 3.32. The Morgan fingerprint density at radius 1 is 1.19 bits per heavy atom. The van der Waals surface area contributed by atoms with Crippen molar-refractivity contribution in [1.82, 2.24) is 24.8 Å². The molecule has 1 aromatic carbocycles. The number of carbonyl (C=O) groups excluding carboxylic acids is 1. The Morgan fingerprint density at radius 3 is 2.58 bits per heavy atom. The molecule has 1 aliphatic rings. The van der Waals surface area contributed by atoms with Crippen LogP contribution in [-0.4, -0.2) is 64.0 Å². The maximum atomic E-state index is 12.9. The van der Waals surface area contributed by atoms with E-state index in [4.69, 9.17) is 32.5 Å². The molecule has 164 valence electrons. The Bertz CT molecular complexity index is 1100. The predicted octanol–water partition coefficient (Wildman–Crippen LogP) is 3.21. The molecule has 9 nitrogen and oxygen atoms in total. The van der Waals surface area contributed by atoms with Gasteiger partial charge in [-0.3, -0.25) is 9.48 Å². The number of hydrogen-bond acceptors (Lipinski definition) is 7. The molecule has 0 bridgehead atoms. The quantitative estimate of drug-likeness (QED) is 0.572. The minimum absolute atomic E-state index is 0.0218. The predicted molar refractivity (Wildman–Crippen MR) is 117 cm³/mol. The molecule has 31 heavy (non-hydrogen) atoms. The lowest BCUT2D eigenvalue weighted by Crippen LogP contribution is -2.49. The summed E-state index contributed by atoms with van der Waals surface area (Å²) < 4.78 is 11.9. The van der Waals surface area contributed by atoms with Gasteiger partial charge < -0.3 is 19.1 Å². The van der Waals surface area contributed by atoms with Gasteiger partial charge in [-0.15, -0.1) is 0 Å². The highest BCUT2D eigenvalue weighted by atomic mass is 35.5. The van der Waals surface area contributed by atoms with Crippen molar-refractivity contribution >= 4 is 34.8 Å². The summed E-state index contributed by atoms with van der Waals surface area (Å²) in [5.74, 6) is 1.34. The van der Waals surface area contributed by atoms with E-state index in [0.717, 1.165) is 5.69 Å². The van der Waals surface area contributed by atoms with Gasteiger partial charge in [-0.25, -0.2) is 0 Å². The molecule has 11 heteroatoms. The van der Waals surface area contributed by atoms with Crippen molar-refractivity contribution in [3.05, 3.63) is 39.8 Å². The number of methoxy groups -OCH3 is 1. The maximum absolute atomic E-state index is 12.9. The van der Waals surface area contributed by atoms with Crippen LogP contribution in [0.25, 0.3) is 11.5 Å². The molecule has 0 saturated carbocycles. The molecular weight excluding hydrogens is 443 g/mol. The molecule has 0 N–H and O–H groups in total. The summed E-state index contributed by atoms with van der Waals surface area (Å²) in [6.07, 6.45) is 0. The van der Waals surface area contributed by atoms with Gasteiger partial charge in [0.05, 0.1) is 22.8 Å². The van der Waals surface area contributed by atoms with E-state index in [-0.39, 0.29) is 12.5 Å². The molecule has 0 spiro atoms. The van der Waals surface area contributed by atoms with Gasteiger partial charge in [-0.1, -0.05) is 28.4 Å². The zero-order valence-corrected chi connectivity index (χ0v) is 18.9. The van der Waals surface area contributed by atoms with Crippen LogP contribution in [0.5, 0.6) is 5.75 Å². The Balaban J connectivity index is 1.41. The van der Waals surface area contributed by atoms with Crippen LogP contribution in [0.3, 0.4) is 0 Å². The highest BCUT2D eigenvalue weighted by Crippen LogP contribution is 2.30. The standard InChI is InChI=1S/C20H22Cl2N6O3/c1-12-18(22)19(20-23-13(2)31-25-20)24-28(12)11-17(29)27-8-6-26(7-9-27)14-4-5-15(21)16(10-14)30-3/h4-5,10H,6-9,11H2,1-3H3. The van der Waals surface area contributed by atoms with Crippen LogP contribution < -0.4 is 9.64 Å². The second-order valence-corrected chi connectivity index (χ2v) is 8.01. The summed E-state index contributed by atoms with van der Waals surface area (Å²) in [5, 5.41) is 9.28. The number of aromatic nitrogens is 4. The van der Waals surface area contributed by atoms with Gasteiger partial charge in [-0.2, -0.15) is 10.1 Å². The fourth-order valence-corrected chi connectivity index (χ4v) is 3.92. The van der Waals surface area contributed by atoms with Crippen LogP contribution in [-0.2, 0) is 11.3 Å². The van der Waals surface area contributed by atoms with Crippen LogP contribution in [0.1, 0.15) is 11.6 Å². The van der Waals surface area contributed by atoms with E-state index < -0.39 is 0 Å². The monoisotopic (exact) mass is 464 g/mol. The summed E-state index contributed by atoms with van der Waals surface area (Å²) in [7, 11) is 1.59. The summed E-state index contributed by atoms with van der Waals surface area (Å²) in [5.41, 5.74) is 2.10. The van der Waals surface area contributed by atoms with Crippen LogP contribution in [0.4, 0.5) is 5.69 Å². The summed E-state index contributed by atoms with van der Waals surface area (Å²) in [6, 6.07) is 5.69. The molecular formula is C20H22Cl2N6O3. The molecule has 3 aromatic rings. The van der Waals surface area contributed by atoms with E-state index in [2.05, 4.69) is 20.1 Å². The number of halogens is 2. The zero-order valence-electron chi connectivity index (χ0n) is 17.4. The van der Waals surface area contributed by atoms with Crippen molar-refractivity contribution in [3.8, 4) is 17.3 Å². The van der Waals surface area contributed by atoms with Crippen molar-refractivity contribution in [2.45, 2.75) is 20.4 Å². The van der Waals surface area contributed by atoms with E-state index >= 15 is 0 Å². The highest BCUT2D eigenvalue weighted by molar-refractivity contribution is 6.33. The number of piperazine rings is 1. The Morgan fingerprint density at radius 2 is 1.94 bits per heavy atom. The first-order valence-electron chi connectivity index (χ1n) is 9.77. The third-order valence-corrected chi connectivity index (χ3v) is 6.05.